The van der Waals surface area contributed by atoms with E-state index in [1.54, 1.807) is 6.20 Å². The summed E-state index contributed by atoms with van der Waals surface area (Å²) in [6.07, 6.45) is 8.40. The Bertz CT molecular complexity index is 467. The summed E-state index contributed by atoms with van der Waals surface area (Å²) in [5.74, 6) is 0.753. The van der Waals surface area contributed by atoms with Gasteiger partial charge in [-0.1, -0.05) is 32.8 Å². The minimum Gasteiger partial charge on any atom is -0.312 e. The van der Waals surface area contributed by atoms with Gasteiger partial charge in [-0.2, -0.15) is 5.26 Å². The van der Waals surface area contributed by atoms with Gasteiger partial charge in [0.15, 0.2) is 0 Å². The Kier molecular flexibility index (Phi) is 5.14. The van der Waals surface area contributed by atoms with Gasteiger partial charge in [0.05, 0.1) is 0 Å². The molecule has 1 aliphatic carbocycles. The van der Waals surface area contributed by atoms with Crippen molar-refractivity contribution in [2.45, 2.75) is 52.5 Å². The summed E-state index contributed by atoms with van der Waals surface area (Å²) in [5, 5.41) is 12.6. The lowest BCUT2D eigenvalue weighted by molar-refractivity contribution is 0.223. The molecule has 0 bridgehead atoms. The maximum atomic E-state index is 9.06. The summed E-state index contributed by atoms with van der Waals surface area (Å²) in [5.41, 5.74) is 2.03. The van der Waals surface area contributed by atoms with E-state index in [0.717, 1.165) is 24.6 Å². The molecule has 3 heteroatoms. The van der Waals surface area contributed by atoms with Crippen molar-refractivity contribution in [3.8, 4) is 6.07 Å². The first-order valence-corrected chi connectivity index (χ1v) is 7.70. The summed E-state index contributed by atoms with van der Waals surface area (Å²) in [6.45, 7) is 6.44. The van der Waals surface area contributed by atoms with Crippen molar-refractivity contribution in [2.75, 3.05) is 6.54 Å². The molecule has 0 radical (unpaired) electrons. The summed E-state index contributed by atoms with van der Waals surface area (Å²) in [7, 11) is 0. The SMILES string of the molecule is CC(C)CC1(CNCc2cccnc2C#N)CCCC1. The van der Waals surface area contributed by atoms with Crippen molar-refractivity contribution < 1.29 is 0 Å². The normalized spacial score (nSPS) is 17.3. The Morgan fingerprint density at radius 2 is 2.15 bits per heavy atom. The third-order valence-electron chi connectivity index (χ3n) is 4.32. The topological polar surface area (TPSA) is 48.7 Å². The summed E-state index contributed by atoms with van der Waals surface area (Å²) in [6, 6.07) is 6.05. The fourth-order valence-corrected chi connectivity index (χ4v) is 3.59. The summed E-state index contributed by atoms with van der Waals surface area (Å²) >= 11 is 0. The van der Waals surface area contributed by atoms with Crippen molar-refractivity contribution in [2.24, 2.45) is 11.3 Å². The van der Waals surface area contributed by atoms with Crippen LogP contribution in [0.25, 0.3) is 0 Å². The number of pyridine rings is 1. The molecule has 0 unspecified atom stereocenters. The zero-order valence-corrected chi connectivity index (χ0v) is 12.7. The van der Waals surface area contributed by atoms with Crippen molar-refractivity contribution in [3.63, 3.8) is 0 Å². The number of nitriles is 1. The number of rotatable bonds is 6. The van der Waals surface area contributed by atoms with E-state index in [1.807, 2.05) is 12.1 Å². The second kappa shape index (κ2) is 6.85. The summed E-state index contributed by atoms with van der Waals surface area (Å²) < 4.78 is 0. The highest BCUT2D eigenvalue weighted by Gasteiger charge is 2.33. The zero-order valence-electron chi connectivity index (χ0n) is 12.7. The Morgan fingerprint density at radius 1 is 1.40 bits per heavy atom. The molecule has 0 aliphatic heterocycles. The Hall–Kier alpha value is -1.40. The van der Waals surface area contributed by atoms with Gasteiger partial charge in [0.25, 0.3) is 0 Å². The van der Waals surface area contributed by atoms with E-state index in [2.05, 4.69) is 30.2 Å². The molecule has 108 valence electrons. The molecule has 3 nitrogen and oxygen atoms in total. The van der Waals surface area contributed by atoms with E-state index in [4.69, 9.17) is 5.26 Å². The number of hydrogen-bond donors (Lipinski definition) is 1. The molecule has 20 heavy (non-hydrogen) atoms. The second-order valence-corrected chi connectivity index (χ2v) is 6.53. The molecule has 0 saturated heterocycles. The average molecular weight is 271 g/mol. The van der Waals surface area contributed by atoms with Crippen LogP contribution in [-0.4, -0.2) is 11.5 Å². The van der Waals surface area contributed by atoms with Crippen LogP contribution in [0.1, 0.15) is 57.2 Å². The largest absolute Gasteiger partial charge is 0.312 e. The zero-order chi connectivity index (χ0) is 14.4. The van der Waals surface area contributed by atoms with Crippen LogP contribution in [-0.2, 0) is 6.54 Å². The van der Waals surface area contributed by atoms with Crippen LogP contribution in [0.3, 0.4) is 0 Å². The molecule has 1 heterocycles. The molecule has 1 fully saturated rings. The highest BCUT2D eigenvalue weighted by molar-refractivity contribution is 5.30. The van der Waals surface area contributed by atoms with Gasteiger partial charge in [0, 0.05) is 24.8 Å². The van der Waals surface area contributed by atoms with Crippen molar-refractivity contribution in [3.05, 3.63) is 29.6 Å². The highest BCUT2D eigenvalue weighted by Crippen LogP contribution is 2.42. The molecule has 1 saturated carbocycles. The molecule has 2 rings (SSSR count). The molecule has 0 spiro atoms. The van der Waals surface area contributed by atoms with E-state index in [0.29, 0.717) is 11.1 Å². The van der Waals surface area contributed by atoms with E-state index < -0.39 is 0 Å². The lowest BCUT2D eigenvalue weighted by atomic mass is 9.78. The lowest BCUT2D eigenvalue weighted by Gasteiger charge is -2.31. The highest BCUT2D eigenvalue weighted by atomic mass is 14.9. The first kappa shape index (κ1) is 15.0. The van der Waals surface area contributed by atoms with Crippen LogP contribution in [0.15, 0.2) is 18.3 Å². The van der Waals surface area contributed by atoms with E-state index in [9.17, 15) is 0 Å². The minimum atomic E-state index is 0.475. The molecular weight excluding hydrogens is 246 g/mol. The number of aromatic nitrogens is 1. The van der Waals surface area contributed by atoms with Gasteiger partial charge in [0.2, 0.25) is 0 Å². The van der Waals surface area contributed by atoms with Gasteiger partial charge < -0.3 is 5.32 Å². The third-order valence-corrected chi connectivity index (χ3v) is 4.32. The smallest absolute Gasteiger partial charge is 0.144 e. The molecular formula is C17H25N3. The number of nitrogens with one attached hydrogen (secondary N) is 1. The fraction of sp³-hybridized carbons (Fsp3) is 0.647. The first-order valence-electron chi connectivity index (χ1n) is 7.70. The average Bonchev–Trinajstić information content (AvgIpc) is 2.87. The first-order chi connectivity index (χ1) is 9.65. The molecule has 1 aliphatic rings. The monoisotopic (exact) mass is 271 g/mol. The van der Waals surface area contributed by atoms with Crippen LogP contribution >= 0.6 is 0 Å². The van der Waals surface area contributed by atoms with Crippen molar-refractivity contribution in [1.82, 2.24) is 10.3 Å². The van der Waals surface area contributed by atoms with Crippen molar-refractivity contribution >= 4 is 0 Å². The van der Waals surface area contributed by atoms with Crippen LogP contribution < -0.4 is 5.32 Å². The van der Waals surface area contributed by atoms with Gasteiger partial charge in [-0.3, -0.25) is 0 Å². The van der Waals surface area contributed by atoms with Crippen LogP contribution in [0, 0.1) is 22.7 Å². The van der Waals surface area contributed by atoms with Crippen LogP contribution in [0.5, 0.6) is 0 Å². The predicted molar refractivity (Wildman–Crippen MR) is 81.0 cm³/mol. The molecule has 0 atom stereocenters. The standard InChI is InChI=1S/C17H25N3/c1-14(2)10-17(7-3-4-8-17)13-19-12-15-6-5-9-20-16(15)11-18/h5-6,9,14,19H,3-4,7-8,10,12-13H2,1-2H3. The van der Waals surface area contributed by atoms with Crippen molar-refractivity contribution in [1.29, 1.82) is 5.26 Å². The lowest BCUT2D eigenvalue weighted by Crippen LogP contribution is -2.33. The Labute approximate surface area is 122 Å². The van der Waals surface area contributed by atoms with Crippen LogP contribution in [0.4, 0.5) is 0 Å². The van der Waals surface area contributed by atoms with Gasteiger partial charge in [0.1, 0.15) is 11.8 Å². The molecule has 1 aromatic heterocycles. The van der Waals surface area contributed by atoms with Gasteiger partial charge in [-0.15, -0.1) is 0 Å². The number of nitrogens with zero attached hydrogens (tertiary/aromatic N) is 2. The van der Waals surface area contributed by atoms with Gasteiger partial charge in [-0.05, 0) is 36.7 Å². The van der Waals surface area contributed by atoms with Crippen LogP contribution in [0.2, 0.25) is 0 Å². The molecule has 1 N–H and O–H groups in total. The van der Waals surface area contributed by atoms with E-state index in [-0.39, 0.29) is 0 Å². The van der Waals surface area contributed by atoms with E-state index in [1.165, 1.54) is 32.1 Å². The maximum Gasteiger partial charge on any atom is 0.144 e. The summed E-state index contributed by atoms with van der Waals surface area (Å²) in [4.78, 5) is 4.11. The van der Waals surface area contributed by atoms with E-state index >= 15 is 0 Å². The molecule has 1 aromatic rings. The third kappa shape index (κ3) is 3.80. The quantitative estimate of drug-likeness (QED) is 0.859. The predicted octanol–water partition coefficient (Wildman–Crippen LogP) is 3.65. The number of hydrogen-bond acceptors (Lipinski definition) is 3. The minimum absolute atomic E-state index is 0.475. The van der Waals surface area contributed by atoms with Gasteiger partial charge >= 0.3 is 0 Å². The van der Waals surface area contributed by atoms with Gasteiger partial charge in [-0.25, -0.2) is 4.98 Å². The maximum absolute atomic E-state index is 9.06. The second-order valence-electron chi connectivity index (χ2n) is 6.53. The molecule has 0 aromatic carbocycles. The molecule has 0 amide bonds. The Morgan fingerprint density at radius 3 is 2.80 bits per heavy atom. The Balaban J connectivity index is 1.92. The fourth-order valence-electron chi connectivity index (χ4n) is 3.59.